The van der Waals surface area contributed by atoms with Gasteiger partial charge in [-0.05, 0) is 38.0 Å². The Morgan fingerprint density at radius 2 is 1.86 bits per heavy atom. The van der Waals surface area contributed by atoms with E-state index < -0.39 is 0 Å². The van der Waals surface area contributed by atoms with Crippen LogP contribution in [0.1, 0.15) is 52.4 Å². The molecule has 0 aromatic heterocycles. The van der Waals surface area contributed by atoms with Gasteiger partial charge in [0.1, 0.15) is 0 Å². The average Bonchev–Trinajstić information content (AvgIpc) is 3.04. The molecule has 3 saturated heterocycles. The molecule has 1 unspecified atom stereocenters. The topological polar surface area (TPSA) is 61.4 Å². The lowest BCUT2D eigenvalue weighted by Gasteiger charge is -2.29. The Morgan fingerprint density at radius 1 is 1.18 bits per heavy atom. The van der Waals surface area contributed by atoms with Crippen LogP contribution >= 0.6 is 0 Å². The van der Waals surface area contributed by atoms with E-state index in [-0.39, 0.29) is 23.8 Å². The number of carbonyl (C=O) groups is 2. The van der Waals surface area contributed by atoms with Crippen LogP contribution in [-0.4, -0.2) is 47.9 Å². The number of piperidine rings is 1. The van der Waals surface area contributed by atoms with Crippen molar-refractivity contribution < 1.29 is 9.59 Å². The van der Waals surface area contributed by atoms with Crippen molar-refractivity contribution in [2.75, 3.05) is 13.1 Å². The van der Waals surface area contributed by atoms with Crippen molar-refractivity contribution in [3.05, 3.63) is 0 Å². The molecule has 0 saturated carbocycles. The van der Waals surface area contributed by atoms with E-state index in [9.17, 15) is 9.59 Å². The molecule has 3 heterocycles. The molecule has 3 aliphatic rings. The van der Waals surface area contributed by atoms with Gasteiger partial charge in [-0.1, -0.05) is 13.8 Å². The Kier molecular flexibility index (Phi) is 4.71. The monoisotopic (exact) mass is 307 g/mol. The lowest BCUT2D eigenvalue weighted by Crippen LogP contribution is -2.42. The van der Waals surface area contributed by atoms with Gasteiger partial charge in [0.15, 0.2) is 0 Å². The number of fused-ring (bicyclic) bond motifs is 2. The van der Waals surface area contributed by atoms with Crippen molar-refractivity contribution in [3.63, 3.8) is 0 Å². The summed E-state index contributed by atoms with van der Waals surface area (Å²) in [6.07, 6.45) is 6.39. The molecule has 3 rings (SSSR count). The number of amides is 2. The van der Waals surface area contributed by atoms with E-state index in [1.165, 1.54) is 12.8 Å². The number of hydrogen-bond acceptors (Lipinski definition) is 3. The second-order valence-electron chi connectivity index (χ2n) is 7.67. The second kappa shape index (κ2) is 6.57. The standard InChI is InChI=1S/C17H29N3O2/c1-11(2)17(22)20-6-5-15(10-20)19-16(21)9-12-7-13-3-4-14(8-12)18-13/h11-15,18H,3-10H2,1-2H3,(H,19,21)/t12?,13-,14+,15-/m1/s1. The van der Waals surface area contributed by atoms with Crippen LogP contribution in [0.15, 0.2) is 0 Å². The highest BCUT2D eigenvalue weighted by molar-refractivity contribution is 5.79. The molecule has 3 aliphatic heterocycles. The zero-order valence-electron chi connectivity index (χ0n) is 13.8. The summed E-state index contributed by atoms with van der Waals surface area (Å²) in [6.45, 7) is 5.32. The fourth-order valence-electron chi connectivity index (χ4n) is 4.33. The average molecular weight is 307 g/mol. The first-order valence-corrected chi connectivity index (χ1v) is 8.85. The zero-order chi connectivity index (χ0) is 15.7. The summed E-state index contributed by atoms with van der Waals surface area (Å²) in [5.74, 6) is 0.954. The van der Waals surface area contributed by atoms with Crippen molar-refractivity contribution in [2.45, 2.75) is 70.5 Å². The van der Waals surface area contributed by atoms with E-state index >= 15 is 0 Å². The molecule has 5 heteroatoms. The molecule has 0 spiro atoms. The largest absolute Gasteiger partial charge is 0.352 e. The van der Waals surface area contributed by atoms with Gasteiger partial charge in [-0.15, -0.1) is 0 Å². The summed E-state index contributed by atoms with van der Waals surface area (Å²) in [5.41, 5.74) is 0. The number of nitrogens with one attached hydrogen (secondary N) is 2. The first-order chi connectivity index (χ1) is 10.5. The van der Waals surface area contributed by atoms with E-state index in [0.717, 1.165) is 25.8 Å². The maximum Gasteiger partial charge on any atom is 0.225 e. The maximum atomic E-state index is 12.3. The molecule has 5 nitrogen and oxygen atoms in total. The van der Waals surface area contributed by atoms with Crippen molar-refractivity contribution in [1.82, 2.24) is 15.5 Å². The van der Waals surface area contributed by atoms with Crippen LogP contribution in [0.3, 0.4) is 0 Å². The molecule has 22 heavy (non-hydrogen) atoms. The van der Waals surface area contributed by atoms with Gasteiger partial charge in [0.25, 0.3) is 0 Å². The Labute approximate surface area is 133 Å². The Morgan fingerprint density at radius 3 is 2.50 bits per heavy atom. The van der Waals surface area contributed by atoms with E-state index in [4.69, 9.17) is 0 Å². The van der Waals surface area contributed by atoms with E-state index in [1.807, 2.05) is 18.7 Å². The van der Waals surface area contributed by atoms with Gasteiger partial charge < -0.3 is 15.5 Å². The third-order valence-corrected chi connectivity index (χ3v) is 5.40. The van der Waals surface area contributed by atoms with Gasteiger partial charge >= 0.3 is 0 Å². The Bertz CT molecular complexity index is 426. The second-order valence-corrected chi connectivity index (χ2v) is 7.67. The summed E-state index contributed by atoms with van der Waals surface area (Å²) in [6, 6.07) is 1.43. The molecule has 2 N–H and O–H groups in total. The zero-order valence-corrected chi connectivity index (χ0v) is 13.8. The molecule has 0 aromatic carbocycles. The molecule has 0 aromatic rings. The molecule has 3 fully saturated rings. The smallest absolute Gasteiger partial charge is 0.225 e. The van der Waals surface area contributed by atoms with Crippen LogP contribution in [0, 0.1) is 11.8 Å². The summed E-state index contributed by atoms with van der Waals surface area (Å²) >= 11 is 0. The van der Waals surface area contributed by atoms with Crippen LogP contribution in [0.25, 0.3) is 0 Å². The molecule has 0 aliphatic carbocycles. The van der Waals surface area contributed by atoms with Gasteiger partial charge in [-0.3, -0.25) is 9.59 Å². The van der Waals surface area contributed by atoms with Crippen LogP contribution in [0.5, 0.6) is 0 Å². The normalized spacial score (nSPS) is 34.2. The van der Waals surface area contributed by atoms with Crippen LogP contribution in [0.2, 0.25) is 0 Å². The minimum atomic E-state index is 0.0414. The van der Waals surface area contributed by atoms with Gasteiger partial charge in [0, 0.05) is 43.6 Å². The summed E-state index contributed by atoms with van der Waals surface area (Å²) in [5, 5.41) is 6.77. The van der Waals surface area contributed by atoms with Gasteiger partial charge in [-0.25, -0.2) is 0 Å². The third kappa shape index (κ3) is 3.62. The van der Waals surface area contributed by atoms with Crippen LogP contribution in [0.4, 0.5) is 0 Å². The molecular formula is C17H29N3O2. The lowest BCUT2D eigenvalue weighted by atomic mass is 9.89. The van der Waals surface area contributed by atoms with Crippen molar-refractivity contribution >= 4 is 11.8 Å². The molecular weight excluding hydrogens is 278 g/mol. The predicted molar refractivity (Wildman–Crippen MR) is 85.3 cm³/mol. The number of rotatable bonds is 4. The number of hydrogen-bond donors (Lipinski definition) is 2. The van der Waals surface area contributed by atoms with Gasteiger partial charge in [-0.2, -0.15) is 0 Å². The summed E-state index contributed by atoms with van der Waals surface area (Å²) in [4.78, 5) is 26.1. The van der Waals surface area contributed by atoms with Crippen LogP contribution in [-0.2, 0) is 9.59 Å². The lowest BCUT2D eigenvalue weighted by molar-refractivity contribution is -0.133. The number of likely N-dealkylation sites (tertiary alicyclic amines) is 1. The first kappa shape index (κ1) is 15.8. The molecule has 0 radical (unpaired) electrons. The molecule has 124 valence electrons. The van der Waals surface area contributed by atoms with E-state index in [2.05, 4.69) is 10.6 Å². The summed E-state index contributed by atoms with van der Waals surface area (Å²) in [7, 11) is 0. The Hall–Kier alpha value is -1.10. The summed E-state index contributed by atoms with van der Waals surface area (Å²) < 4.78 is 0. The maximum absolute atomic E-state index is 12.3. The molecule has 4 atom stereocenters. The van der Waals surface area contributed by atoms with Crippen molar-refractivity contribution in [1.29, 1.82) is 0 Å². The first-order valence-electron chi connectivity index (χ1n) is 8.85. The third-order valence-electron chi connectivity index (χ3n) is 5.40. The SMILES string of the molecule is CC(C)C(=O)N1CC[C@@H](NC(=O)CC2C[C@H]3CC[C@@H](C2)N3)C1. The molecule has 2 bridgehead atoms. The minimum absolute atomic E-state index is 0.0414. The quantitative estimate of drug-likeness (QED) is 0.822. The van der Waals surface area contributed by atoms with Crippen molar-refractivity contribution in [2.24, 2.45) is 11.8 Å². The van der Waals surface area contributed by atoms with Gasteiger partial charge in [0.2, 0.25) is 11.8 Å². The van der Waals surface area contributed by atoms with Gasteiger partial charge in [0.05, 0.1) is 0 Å². The van der Waals surface area contributed by atoms with E-state index in [1.54, 1.807) is 0 Å². The van der Waals surface area contributed by atoms with Crippen molar-refractivity contribution in [3.8, 4) is 0 Å². The highest BCUT2D eigenvalue weighted by Crippen LogP contribution is 2.32. The number of carbonyl (C=O) groups excluding carboxylic acids is 2. The highest BCUT2D eigenvalue weighted by Gasteiger charge is 2.35. The van der Waals surface area contributed by atoms with Crippen LogP contribution < -0.4 is 10.6 Å². The molecule has 2 amide bonds. The minimum Gasteiger partial charge on any atom is -0.352 e. The fourth-order valence-corrected chi connectivity index (χ4v) is 4.33. The fraction of sp³-hybridized carbons (Fsp3) is 0.882. The predicted octanol–water partition coefficient (Wildman–Crippen LogP) is 1.28. The van der Waals surface area contributed by atoms with E-state index in [0.29, 0.717) is 31.0 Å². The highest BCUT2D eigenvalue weighted by atomic mass is 16.2. The Balaban J connectivity index is 1.42. The number of nitrogens with zero attached hydrogens (tertiary/aromatic N) is 1.